The van der Waals surface area contributed by atoms with E-state index < -0.39 is 15.8 Å². The van der Waals surface area contributed by atoms with Crippen LogP contribution in [0.1, 0.15) is 39.0 Å². The molecule has 1 aromatic carbocycles. The maximum Gasteiger partial charge on any atom is 0.243 e. The number of piperidine rings is 1. The summed E-state index contributed by atoms with van der Waals surface area (Å²) in [7, 11) is -3.59. The highest BCUT2D eigenvalue weighted by Gasteiger charge is 2.29. The fraction of sp³-hybridized carbons (Fsp3) is 0.562. The SMILES string of the molecule is CCCCC(=O)NC1CCN(S(=O)(=O)c2ccc(F)cc2)CC1. The summed E-state index contributed by atoms with van der Waals surface area (Å²) >= 11 is 0. The molecule has 0 aliphatic carbocycles. The Balaban J connectivity index is 1.91. The van der Waals surface area contributed by atoms with Gasteiger partial charge in [0.15, 0.2) is 0 Å². The molecule has 0 atom stereocenters. The molecule has 0 radical (unpaired) electrons. The molecule has 1 aliphatic rings. The van der Waals surface area contributed by atoms with Crippen LogP contribution in [0.4, 0.5) is 4.39 Å². The lowest BCUT2D eigenvalue weighted by atomic mass is 10.1. The fourth-order valence-corrected chi connectivity index (χ4v) is 4.10. The Hall–Kier alpha value is -1.47. The second-order valence-corrected chi connectivity index (χ2v) is 7.74. The van der Waals surface area contributed by atoms with E-state index in [0.717, 1.165) is 25.0 Å². The average Bonchev–Trinajstić information content (AvgIpc) is 2.54. The molecular weight excluding hydrogens is 319 g/mol. The smallest absolute Gasteiger partial charge is 0.243 e. The van der Waals surface area contributed by atoms with Crippen molar-refractivity contribution >= 4 is 15.9 Å². The third-order valence-corrected chi connectivity index (χ3v) is 5.94. The first-order valence-electron chi connectivity index (χ1n) is 7.98. The summed E-state index contributed by atoms with van der Waals surface area (Å²) in [6.07, 6.45) is 3.55. The Labute approximate surface area is 136 Å². The van der Waals surface area contributed by atoms with Crippen LogP contribution in [-0.2, 0) is 14.8 Å². The van der Waals surface area contributed by atoms with E-state index in [0.29, 0.717) is 32.4 Å². The number of nitrogens with one attached hydrogen (secondary N) is 1. The zero-order chi connectivity index (χ0) is 16.9. The Kier molecular flexibility index (Phi) is 6.12. The molecule has 23 heavy (non-hydrogen) atoms. The van der Waals surface area contributed by atoms with Crippen LogP contribution in [0.3, 0.4) is 0 Å². The minimum Gasteiger partial charge on any atom is -0.353 e. The number of carbonyl (C=O) groups excluding carboxylic acids is 1. The first-order chi connectivity index (χ1) is 10.9. The second kappa shape index (κ2) is 7.88. The standard InChI is InChI=1S/C16H23FN2O3S/c1-2-3-4-16(20)18-14-9-11-19(12-10-14)23(21,22)15-7-5-13(17)6-8-15/h5-8,14H,2-4,9-12H2,1H3,(H,18,20). The lowest BCUT2D eigenvalue weighted by molar-refractivity contribution is -0.122. The van der Waals surface area contributed by atoms with Crippen molar-refractivity contribution in [2.24, 2.45) is 0 Å². The van der Waals surface area contributed by atoms with E-state index in [1.807, 2.05) is 6.92 Å². The Morgan fingerprint density at radius 3 is 2.43 bits per heavy atom. The number of nitrogens with zero attached hydrogens (tertiary/aromatic N) is 1. The lowest BCUT2D eigenvalue weighted by Gasteiger charge is -2.31. The largest absolute Gasteiger partial charge is 0.353 e. The summed E-state index contributed by atoms with van der Waals surface area (Å²) in [6.45, 7) is 2.75. The number of sulfonamides is 1. The van der Waals surface area contributed by atoms with Crippen LogP contribution in [0.2, 0.25) is 0 Å². The van der Waals surface area contributed by atoms with E-state index in [-0.39, 0.29) is 16.8 Å². The van der Waals surface area contributed by atoms with Gasteiger partial charge in [-0.1, -0.05) is 13.3 Å². The summed E-state index contributed by atoms with van der Waals surface area (Å²) in [5.41, 5.74) is 0. The van der Waals surface area contributed by atoms with Crippen molar-refractivity contribution in [2.45, 2.75) is 50.0 Å². The predicted molar refractivity (Wildman–Crippen MR) is 85.8 cm³/mol. The molecule has 1 fully saturated rings. The van der Waals surface area contributed by atoms with E-state index in [2.05, 4.69) is 5.32 Å². The van der Waals surface area contributed by atoms with Gasteiger partial charge in [0.2, 0.25) is 15.9 Å². The van der Waals surface area contributed by atoms with Crippen LogP contribution in [0.5, 0.6) is 0 Å². The van der Waals surface area contributed by atoms with Gasteiger partial charge in [-0.05, 0) is 43.5 Å². The first kappa shape index (κ1) is 17.9. The highest BCUT2D eigenvalue weighted by molar-refractivity contribution is 7.89. The van der Waals surface area contributed by atoms with Crippen molar-refractivity contribution in [1.29, 1.82) is 0 Å². The first-order valence-corrected chi connectivity index (χ1v) is 9.42. The highest BCUT2D eigenvalue weighted by atomic mass is 32.2. The fourth-order valence-electron chi connectivity index (χ4n) is 2.63. The Morgan fingerprint density at radius 1 is 1.26 bits per heavy atom. The van der Waals surface area contributed by atoms with Crippen molar-refractivity contribution in [3.8, 4) is 0 Å². The number of hydrogen-bond acceptors (Lipinski definition) is 3. The minimum atomic E-state index is -3.59. The molecule has 0 unspecified atom stereocenters. The van der Waals surface area contributed by atoms with Gasteiger partial charge in [0, 0.05) is 25.6 Å². The number of carbonyl (C=O) groups is 1. The lowest BCUT2D eigenvalue weighted by Crippen LogP contribution is -2.46. The molecule has 128 valence electrons. The summed E-state index contributed by atoms with van der Waals surface area (Å²) < 4.78 is 39.3. The van der Waals surface area contributed by atoms with E-state index in [9.17, 15) is 17.6 Å². The van der Waals surface area contributed by atoms with Gasteiger partial charge < -0.3 is 5.32 Å². The number of unbranched alkanes of at least 4 members (excludes halogenated alkanes) is 1. The molecule has 0 aromatic heterocycles. The molecule has 1 aliphatic heterocycles. The van der Waals surface area contributed by atoms with E-state index in [4.69, 9.17) is 0 Å². The number of rotatable bonds is 6. The molecule has 5 nitrogen and oxygen atoms in total. The molecule has 0 spiro atoms. The number of halogens is 1. The molecular formula is C16H23FN2O3S. The summed E-state index contributed by atoms with van der Waals surface area (Å²) in [5, 5.41) is 2.96. The molecule has 7 heteroatoms. The molecule has 2 rings (SSSR count). The molecule has 1 N–H and O–H groups in total. The van der Waals surface area contributed by atoms with Crippen molar-refractivity contribution < 1.29 is 17.6 Å². The quantitative estimate of drug-likeness (QED) is 0.862. The van der Waals surface area contributed by atoms with Crippen LogP contribution in [0.25, 0.3) is 0 Å². The highest BCUT2D eigenvalue weighted by Crippen LogP contribution is 2.21. The predicted octanol–water partition coefficient (Wildman–Crippen LogP) is 2.29. The van der Waals surface area contributed by atoms with E-state index >= 15 is 0 Å². The van der Waals surface area contributed by atoms with Crippen LogP contribution in [-0.4, -0.2) is 37.8 Å². The van der Waals surface area contributed by atoms with Gasteiger partial charge in [0.25, 0.3) is 0 Å². The van der Waals surface area contributed by atoms with Gasteiger partial charge in [-0.25, -0.2) is 12.8 Å². The van der Waals surface area contributed by atoms with Crippen LogP contribution < -0.4 is 5.32 Å². The molecule has 1 saturated heterocycles. The van der Waals surface area contributed by atoms with Crippen molar-refractivity contribution in [2.75, 3.05) is 13.1 Å². The van der Waals surface area contributed by atoms with Gasteiger partial charge in [-0.2, -0.15) is 4.31 Å². The monoisotopic (exact) mass is 342 g/mol. The van der Waals surface area contributed by atoms with Crippen molar-refractivity contribution in [3.05, 3.63) is 30.1 Å². The van der Waals surface area contributed by atoms with Gasteiger partial charge in [0.1, 0.15) is 5.82 Å². The number of benzene rings is 1. The third-order valence-electron chi connectivity index (χ3n) is 4.03. The van der Waals surface area contributed by atoms with Gasteiger partial charge in [-0.3, -0.25) is 4.79 Å². The molecule has 0 saturated carbocycles. The average molecular weight is 342 g/mol. The third kappa shape index (κ3) is 4.75. The van der Waals surface area contributed by atoms with E-state index in [1.54, 1.807) is 0 Å². The van der Waals surface area contributed by atoms with Crippen LogP contribution in [0.15, 0.2) is 29.2 Å². The topological polar surface area (TPSA) is 66.5 Å². The minimum absolute atomic E-state index is 0.0269. The summed E-state index contributed by atoms with van der Waals surface area (Å²) in [5.74, 6) is -0.427. The van der Waals surface area contributed by atoms with Gasteiger partial charge in [-0.15, -0.1) is 0 Å². The van der Waals surface area contributed by atoms with Crippen molar-refractivity contribution in [3.63, 3.8) is 0 Å². The molecule has 1 amide bonds. The normalized spacial score (nSPS) is 17.1. The maximum absolute atomic E-state index is 12.9. The molecule has 1 heterocycles. The number of hydrogen-bond donors (Lipinski definition) is 1. The second-order valence-electron chi connectivity index (χ2n) is 5.80. The Morgan fingerprint density at radius 2 is 1.87 bits per heavy atom. The van der Waals surface area contributed by atoms with Crippen molar-refractivity contribution in [1.82, 2.24) is 9.62 Å². The summed E-state index contributed by atoms with van der Waals surface area (Å²) in [4.78, 5) is 11.8. The van der Waals surface area contributed by atoms with Crippen LogP contribution >= 0.6 is 0 Å². The van der Waals surface area contributed by atoms with E-state index in [1.165, 1.54) is 16.4 Å². The molecule has 1 aromatic rings. The summed E-state index contributed by atoms with van der Waals surface area (Å²) in [6, 6.07) is 4.88. The van der Waals surface area contributed by atoms with Gasteiger partial charge >= 0.3 is 0 Å². The number of amides is 1. The molecule has 0 bridgehead atoms. The van der Waals surface area contributed by atoms with Gasteiger partial charge in [0.05, 0.1) is 4.90 Å². The van der Waals surface area contributed by atoms with Crippen LogP contribution in [0, 0.1) is 5.82 Å². The maximum atomic E-state index is 12.9. The zero-order valence-electron chi connectivity index (χ0n) is 13.3. The zero-order valence-corrected chi connectivity index (χ0v) is 14.1. The Bertz CT molecular complexity index is 623.